The van der Waals surface area contributed by atoms with E-state index in [0.29, 0.717) is 11.3 Å². The lowest BCUT2D eigenvalue weighted by molar-refractivity contribution is 0.0932. The Labute approximate surface area is 170 Å². The first kappa shape index (κ1) is 19.3. The Balaban J connectivity index is 1.50. The van der Waals surface area contributed by atoms with E-state index < -0.39 is 0 Å². The van der Waals surface area contributed by atoms with Gasteiger partial charge in [0.2, 0.25) is 0 Å². The van der Waals surface area contributed by atoms with Crippen LogP contribution in [0.1, 0.15) is 35.4 Å². The topological polar surface area (TPSA) is 76.6 Å². The van der Waals surface area contributed by atoms with Crippen LogP contribution in [0.15, 0.2) is 48.5 Å². The van der Waals surface area contributed by atoms with Crippen LogP contribution in [0, 0.1) is 0 Å². The predicted octanol–water partition coefficient (Wildman–Crippen LogP) is 2.97. The fraction of sp³-hybridized carbons (Fsp3) is 0.318. The molecule has 2 aromatic carbocycles. The molecule has 0 radical (unpaired) electrons. The molecule has 0 bridgehead atoms. The standard InChI is InChI=1S/C22H26N4O3/c1-4-26-19-12-17(29-3)9-8-14(19)11-20(26)18-13-21(25-24-18)23-22(27)15-6-5-7-16(10-15)28-2/h5-12,18,21,24-25H,4,13H2,1-3H3,(H,23,27). The van der Waals surface area contributed by atoms with Crippen molar-refractivity contribution in [3.8, 4) is 11.5 Å². The summed E-state index contributed by atoms with van der Waals surface area (Å²) in [5.74, 6) is 1.37. The maximum Gasteiger partial charge on any atom is 0.252 e. The third-order valence-corrected chi connectivity index (χ3v) is 5.36. The molecule has 7 heteroatoms. The molecule has 29 heavy (non-hydrogen) atoms. The van der Waals surface area contributed by atoms with Gasteiger partial charge in [0.05, 0.1) is 31.9 Å². The molecule has 2 heterocycles. The molecule has 3 aromatic rings. The molecule has 3 N–H and O–H groups in total. The van der Waals surface area contributed by atoms with Gasteiger partial charge < -0.3 is 19.4 Å². The van der Waals surface area contributed by atoms with Gasteiger partial charge in [-0.1, -0.05) is 6.07 Å². The minimum Gasteiger partial charge on any atom is -0.497 e. The number of aryl methyl sites for hydroxylation is 1. The number of hydrogen-bond donors (Lipinski definition) is 3. The zero-order valence-electron chi connectivity index (χ0n) is 16.9. The summed E-state index contributed by atoms with van der Waals surface area (Å²) in [6.07, 6.45) is 0.569. The van der Waals surface area contributed by atoms with E-state index in [1.807, 2.05) is 18.2 Å². The molecular formula is C22H26N4O3. The summed E-state index contributed by atoms with van der Waals surface area (Å²) >= 11 is 0. The molecule has 1 amide bonds. The van der Waals surface area contributed by atoms with Gasteiger partial charge in [-0.15, -0.1) is 0 Å². The largest absolute Gasteiger partial charge is 0.497 e. The van der Waals surface area contributed by atoms with Gasteiger partial charge in [-0.05, 0) is 43.3 Å². The average Bonchev–Trinajstić information content (AvgIpc) is 3.37. The van der Waals surface area contributed by atoms with Crippen molar-refractivity contribution < 1.29 is 14.3 Å². The zero-order chi connectivity index (χ0) is 20.4. The Hall–Kier alpha value is -3.03. The number of ether oxygens (including phenoxy) is 2. The summed E-state index contributed by atoms with van der Waals surface area (Å²) in [5.41, 5.74) is 9.43. The van der Waals surface area contributed by atoms with Crippen LogP contribution in [0.5, 0.6) is 11.5 Å². The van der Waals surface area contributed by atoms with E-state index in [1.54, 1.807) is 26.4 Å². The van der Waals surface area contributed by atoms with Crippen LogP contribution in [0.2, 0.25) is 0 Å². The minimum absolute atomic E-state index is 0.0870. The van der Waals surface area contributed by atoms with Crippen LogP contribution in [0.3, 0.4) is 0 Å². The Morgan fingerprint density at radius 2 is 1.90 bits per heavy atom. The maximum absolute atomic E-state index is 12.6. The monoisotopic (exact) mass is 394 g/mol. The number of amides is 1. The molecule has 2 atom stereocenters. The van der Waals surface area contributed by atoms with Crippen molar-refractivity contribution in [1.29, 1.82) is 0 Å². The summed E-state index contributed by atoms with van der Waals surface area (Å²) in [6.45, 7) is 2.98. The van der Waals surface area contributed by atoms with Gasteiger partial charge in [-0.3, -0.25) is 4.79 Å². The van der Waals surface area contributed by atoms with Crippen LogP contribution in [0.25, 0.3) is 10.9 Å². The highest BCUT2D eigenvalue weighted by Gasteiger charge is 2.29. The van der Waals surface area contributed by atoms with Crippen LogP contribution in [-0.4, -0.2) is 30.9 Å². The first-order valence-corrected chi connectivity index (χ1v) is 9.76. The number of nitrogens with zero attached hydrogens (tertiary/aromatic N) is 1. The van der Waals surface area contributed by atoms with Crippen LogP contribution < -0.4 is 25.6 Å². The van der Waals surface area contributed by atoms with Gasteiger partial charge >= 0.3 is 0 Å². The van der Waals surface area contributed by atoms with Gasteiger partial charge in [0.15, 0.2) is 0 Å². The second-order valence-corrected chi connectivity index (χ2v) is 7.07. The van der Waals surface area contributed by atoms with Crippen molar-refractivity contribution in [1.82, 2.24) is 20.7 Å². The molecule has 1 saturated heterocycles. The number of carbonyl (C=O) groups is 1. The molecule has 1 fully saturated rings. The summed E-state index contributed by atoms with van der Waals surface area (Å²) in [6, 6.07) is 15.5. The smallest absolute Gasteiger partial charge is 0.252 e. The van der Waals surface area contributed by atoms with Gasteiger partial charge in [-0.25, -0.2) is 10.9 Å². The Morgan fingerprint density at radius 3 is 2.66 bits per heavy atom. The number of hydrazine groups is 1. The van der Waals surface area contributed by atoms with Crippen molar-refractivity contribution in [2.45, 2.75) is 32.1 Å². The first-order chi connectivity index (χ1) is 14.1. The third-order valence-electron chi connectivity index (χ3n) is 5.36. The maximum atomic E-state index is 12.6. The molecule has 0 aliphatic carbocycles. The second kappa shape index (κ2) is 8.14. The number of nitrogens with one attached hydrogen (secondary N) is 3. The highest BCUT2D eigenvalue weighted by atomic mass is 16.5. The molecule has 7 nitrogen and oxygen atoms in total. The molecular weight excluding hydrogens is 368 g/mol. The van der Waals surface area contributed by atoms with Gasteiger partial charge in [0.25, 0.3) is 5.91 Å². The summed E-state index contributed by atoms with van der Waals surface area (Å²) in [5, 5.41) is 4.21. The predicted molar refractivity (Wildman–Crippen MR) is 112 cm³/mol. The van der Waals surface area contributed by atoms with E-state index >= 15 is 0 Å². The minimum atomic E-state index is -0.170. The summed E-state index contributed by atoms with van der Waals surface area (Å²) in [4.78, 5) is 12.6. The third kappa shape index (κ3) is 3.79. The summed E-state index contributed by atoms with van der Waals surface area (Å²) in [7, 11) is 3.27. The first-order valence-electron chi connectivity index (χ1n) is 9.76. The quantitative estimate of drug-likeness (QED) is 0.599. The van der Waals surface area contributed by atoms with E-state index in [1.165, 1.54) is 11.1 Å². The normalized spacial score (nSPS) is 18.7. The SMILES string of the molecule is CCn1c(C2CC(NC(=O)c3cccc(OC)c3)NN2)cc2ccc(OC)cc21. The van der Waals surface area contributed by atoms with Crippen molar-refractivity contribution >= 4 is 16.8 Å². The Morgan fingerprint density at radius 1 is 1.10 bits per heavy atom. The van der Waals surface area contributed by atoms with E-state index in [0.717, 1.165) is 24.2 Å². The molecule has 1 aliphatic rings. The summed E-state index contributed by atoms with van der Waals surface area (Å²) < 4.78 is 12.9. The fourth-order valence-corrected chi connectivity index (χ4v) is 3.87. The number of fused-ring (bicyclic) bond motifs is 1. The molecule has 2 unspecified atom stereocenters. The second-order valence-electron chi connectivity index (χ2n) is 7.07. The van der Waals surface area contributed by atoms with Gasteiger partial charge in [-0.2, -0.15) is 0 Å². The van der Waals surface area contributed by atoms with Crippen molar-refractivity contribution in [3.63, 3.8) is 0 Å². The lowest BCUT2D eigenvalue weighted by Gasteiger charge is -2.14. The molecule has 4 rings (SSSR count). The van der Waals surface area contributed by atoms with Crippen LogP contribution in [-0.2, 0) is 6.54 Å². The van der Waals surface area contributed by atoms with E-state index in [2.05, 4.69) is 45.9 Å². The molecule has 0 spiro atoms. The highest BCUT2D eigenvalue weighted by Crippen LogP contribution is 2.30. The van der Waals surface area contributed by atoms with Crippen LogP contribution in [0.4, 0.5) is 0 Å². The number of hydrogen-bond acceptors (Lipinski definition) is 5. The lowest BCUT2D eigenvalue weighted by Crippen LogP contribution is -2.44. The van der Waals surface area contributed by atoms with E-state index in [9.17, 15) is 4.79 Å². The number of benzene rings is 2. The molecule has 1 aliphatic heterocycles. The lowest BCUT2D eigenvalue weighted by atomic mass is 10.1. The van der Waals surface area contributed by atoms with Gasteiger partial charge in [0.1, 0.15) is 11.5 Å². The van der Waals surface area contributed by atoms with Crippen molar-refractivity contribution in [2.75, 3.05) is 14.2 Å². The molecule has 1 aromatic heterocycles. The molecule has 0 saturated carbocycles. The number of carbonyl (C=O) groups excluding carboxylic acids is 1. The zero-order valence-corrected chi connectivity index (χ0v) is 16.9. The number of methoxy groups -OCH3 is 2. The van der Waals surface area contributed by atoms with Crippen molar-refractivity contribution in [3.05, 3.63) is 59.8 Å². The van der Waals surface area contributed by atoms with Crippen LogP contribution >= 0.6 is 0 Å². The average molecular weight is 394 g/mol. The van der Waals surface area contributed by atoms with Gasteiger partial charge in [0, 0.05) is 35.7 Å². The Kier molecular flexibility index (Phi) is 5.42. The fourth-order valence-electron chi connectivity index (χ4n) is 3.87. The number of aromatic nitrogens is 1. The molecule has 152 valence electrons. The number of rotatable bonds is 6. The highest BCUT2D eigenvalue weighted by molar-refractivity contribution is 5.94. The van der Waals surface area contributed by atoms with Crippen molar-refractivity contribution in [2.24, 2.45) is 0 Å². The van der Waals surface area contributed by atoms with E-state index in [4.69, 9.17) is 9.47 Å². The Bertz CT molecular complexity index is 1030. The van der Waals surface area contributed by atoms with E-state index in [-0.39, 0.29) is 18.1 Å².